The van der Waals surface area contributed by atoms with Gasteiger partial charge in [0.1, 0.15) is 5.82 Å². The van der Waals surface area contributed by atoms with Crippen LogP contribution in [0.25, 0.3) is 5.82 Å². The Bertz CT molecular complexity index is 815. The van der Waals surface area contributed by atoms with E-state index in [1.54, 1.807) is 11.8 Å². The van der Waals surface area contributed by atoms with E-state index in [-0.39, 0.29) is 5.82 Å². The zero-order valence-corrected chi connectivity index (χ0v) is 13.4. The lowest BCUT2D eigenvalue weighted by Crippen LogP contribution is -2.48. The van der Waals surface area contributed by atoms with Gasteiger partial charge in [-0.2, -0.15) is 4.98 Å². The van der Waals surface area contributed by atoms with E-state index in [1.807, 2.05) is 0 Å². The van der Waals surface area contributed by atoms with Crippen molar-refractivity contribution >= 4 is 18.3 Å². The molecule has 0 spiro atoms. The van der Waals surface area contributed by atoms with Crippen molar-refractivity contribution in [1.82, 2.24) is 24.4 Å². The van der Waals surface area contributed by atoms with Gasteiger partial charge in [0.15, 0.2) is 11.6 Å². The first-order chi connectivity index (χ1) is 12.0. The van der Waals surface area contributed by atoms with Crippen molar-refractivity contribution in [3.8, 4) is 5.82 Å². The second-order valence-corrected chi connectivity index (χ2v) is 5.41. The van der Waals surface area contributed by atoms with Gasteiger partial charge in [0.2, 0.25) is 5.95 Å². The minimum atomic E-state index is -0.970. The maximum Gasteiger partial charge on any atom is 0.407 e. The van der Waals surface area contributed by atoms with Crippen LogP contribution in [-0.2, 0) is 0 Å². The molecule has 0 atom stereocenters. The predicted molar refractivity (Wildman–Crippen MR) is 85.0 cm³/mol. The Balaban J connectivity index is 1.92. The Labute approximate surface area is 141 Å². The van der Waals surface area contributed by atoms with Gasteiger partial charge in [0.05, 0.1) is 24.3 Å². The molecule has 0 aliphatic carbocycles. The van der Waals surface area contributed by atoms with Crippen molar-refractivity contribution in [2.45, 2.75) is 6.92 Å². The molecule has 0 saturated carbocycles. The molecule has 0 aromatic carbocycles. The molecule has 3 rings (SSSR count). The summed E-state index contributed by atoms with van der Waals surface area (Å²) in [6.45, 7) is 3.12. The first kappa shape index (κ1) is 16.6. The number of aryl methyl sites for hydroxylation is 1. The zero-order chi connectivity index (χ0) is 18.0. The van der Waals surface area contributed by atoms with E-state index in [9.17, 15) is 9.18 Å². The normalized spacial score (nSPS) is 15.1. The number of nitrogens with zero attached hydrogens (tertiary/aromatic N) is 7. The number of carbonyl (C=O) groups is 1. The largest absolute Gasteiger partial charge is 0.465 e. The molecule has 1 saturated heterocycles. The standard InChI is InChI=1S/C14H16FN7O3/c1-9-16-6-10(7-18-25)22(9)12-11(15)8-17-13(19-12)20-2-4-21(5-3-20)14(23)24/h6-8,25H,2-5H2,1H3,(H,23,24)/b18-7+. The molecule has 2 N–H and O–H groups in total. The Morgan fingerprint density at radius 1 is 1.28 bits per heavy atom. The first-order valence-corrected chi connectivity index (χ1v) is 7.48. The number of hydrogen-bond donors (Lipinski definition) is 2. The van der Waals surface area contributed by atoms with Crippen molar-refractivity contribution in [3.63, 3.8) is 0 Å². The van der Waals surface area contributed by atoms with Crippen LogP contribution in [0.5, 0.6) is 0 Å². The van der Waals surface area contributed by atoms with Gasteiger partial charge in [-0.25, -0.2) is 19.2 Å². The van der Waals surface area contributed by atoms with Crippen molar-refractivity contribution in [1.29, 1.82) is 0 Å². The molecule has 1 aliphatic heterocycles. The number of aromatic nitrogens is 4. The Morgan fingerprint density at radius 3 is 2.64 bits per heavy atom. The lowest BCUT2D eigenvalue weighted by molar-refractivity contribution is 0.142. The number of imidazole rings is 1. The van der Waals surface area contributed by atoms with Gasteiger partial charge in [0.25, 0.3) is 0 Å². The second-order valence-electron chi connectivity index (χ2n) is 5.41. The Morgan fingerprint density at radius 2 is 2.00 bits per heavy atom. The molecule has 2 aromatic heterocycles. The van der Waals surface area contributed by atoms with Crippen molar-refractivity contribution in [3.05, 3.63) is 29.7 Å². The van der Waals surface area contributed by atoms with Crippen LogP contribution in [0.2, 0.25) is 0 Å². The van der Waals surface area contributed by atoms with Crippen LogP contribution in [-0.4, -0.2) is 73.2 Å². The van der Waals surface area contributed by atoms with Crippen LogP contribution in [0.1, 0.15) is 11.5 Å². The summed E-state index contributed by atoms with van der Waals surface area (Å²) in [6, 6.07) is 0. The highest BCUT2D eigenvalue weighted by Gasteiger charge is 2.23. The van der Waals surface area contributed by atoms with E-state index in [1.165, 1.54) is 15.7 Å². The van der Waals surface area contributed by atoms with Crippen LogP contribution < -0.4 is 4.90 Å². The van der Waals surface area contributed by atoms with Gasteiger partial charge in [-0.1, -0.05) is 5.16 Å². The molecular formula is C14H16FN7O3. The van der Waals surface area contributed by atoms with Crippen LogP contribution in [0.3, 0.4) is 0 Å². The average Bonchev–Trinajstić information content (AvgIpc) is 2.96. The van der Waals surface area contributed by atoms with E-state index in [4.69, 9.17) is 10.3 Å². The summed E-state index contributed by atoms with van der Waals surface area (Å²) < 4.78 is 15.7. The third-order valence-corrected chi connectivity index (χ3v) is 3.91. The highest BCUT2D eigenvalue weighted by atomic mass is 19.1. The predicted octanol–water partition coefficient (Wildman–Crippen LogP) is 0.718. The average molecular weight is 349 g/mol. The summed E-state index contributed by atoms with van der Waals surface area (Å²) in [7, 11) is 0. The summed E-state index contributed by atoms with van der Waals surface area (Å²) in [6.07, 6.45) is 2.65. The third kappa shape index (κ3) is 3.20. The SMILES string of the molecule is Cc1ncc(/C=N/O)n1-c1nc(N2CCN(C(=O)O)CC2)ncc1F. The molecule has 11 heteroatoms. The fraction of sp³-hybridized carbons (Fsp3) is 0.357. The molecule has 1 aliphatic rings. The number of amides is 1. The highest BCUT2D eigenvalue weighted by Crippen LogP contribution is 2.19. The van der Waals surface area contributed by atoms with E-state index >= 15 is 0 Å². The van der Waals surface area contributed by atoms with E-state index in [0.717, 1.165) is 12.4 Å². The minimum Gasteiger partial charge on any atom is -0.465 e. The van der Waals surface area contributed by atoms with Crippen LogP contribution in [0, 0.1) is 12.7 Å². The van der Waals surface area contributed by atoms with Gasteiger partial charge in [-0.15, -0.1) is 0 Å². The van der Waals surface area contributed by atoms with Gasteiger partial charge in [-0.3, -0.25) is 4.57 Å². The van der Waals surface area contributed by atoms with E-state index < -0.39 is 11.9 Å². The van der Waals surface area contributed by atoms with Gasteiger partial charge < -0.3 is 20.1 Å². The first-order valence-electron chi connectivity index (χ1n) is 7.48. The number of anilines is 1. The fourth-order valence-corrected chi connectivity index (χ4v) is 2.64. The Hall–Kier alpha value is -3.24. The molecule has 1 amide bonds. The molecule has 2 aromatic rings. The minimum absolute atomic E-state index is 0.0180. The number of hydrogen-bond acceptors (Lipinski definition) is 7. The summed E-state index contributed by atoms with van der Waals surface area (Å²) >= 11 is 0. The summed E-state index contributed by atoms with van der Waals surface area (Å²) in [5.74, 6) is 0.0905. The maximum atomic E-state index is 14.3. The zero-order valence-electron chi connectivity index (χ0n) is 13.4. The van der Waals surface area contributed by atoms with Crippen LogP contribution in [0.15, 0.2) is 17.5 Å². The maximum absolute atomic E-state index is 14.3. The molecule has 3 heterocycles. The number of rotatable bonds is 3. The van der Waals surface area contributed by atoms with Crippen LogP contribution >= 0.6 is 0 Å². The molecule has 0 radical (unpaired) electrons. The van der Waals surface area contributed by atoms with E-state index in [0.29, 0.717) is 43.6 Å². The molecular weight excluding hydrogens is 333 g/mol. The van der Waals surface area contributed by atoms with Crippen LogP contribution in [0.4, 0.5) is 15.1 Å². The fourth-order valence-electron chi connectivity index (χ4n) is 2.64. The summed E-state index contributed by atoms with van der Waals surface area (Å²) in [5, 5.41) is 20.7. The van der Waals surface area contributed by atoms with Crippen molar-refractivity contribution < 1.29 is 19.5 Å². The van der Waals surface area contributed by atoms with Gasteiger partial charge in [0, 0.05) is 26.2 Å². The number of piperazine rings is 1. The molecule has 0 unspecified atom stereocenters. The molecule has 132 valence electrons. The van der Waals surface area contributed by atoms with Gasteiger partial charge in [-0.05, 0) is 6.92 Å². The summed E-state index contributed by atoms with van der Waals surface area (Å²) in [4.78, 5) is 26.4. The second kappa shape index (κ2) is 6.71. The molecule has 1 fully saturated rings. The van der Waals surface area contributed by atoms with Crippen molar-refractivity contribution in [2.75, 3.05) is 31.1 Å². The highest BCUT2D eigenvalue weighted by molar-refractivity contribution is 5.77. The molecule has 0 bridgehead atoms. The monoisotopic (exact) mass is 349 g/mol. The number of halogens is 1. The third-order valence-electron chi connectivity index (χ3n) is 3.91. The lowest BCUT2D eigenvalue weighted by atomic mass is 10.3. The molecule has 10 nitrogen and oxygen atoms in total. The molecule has 25 heavy (non-hydrogen) atoms. The summed E-state index contributed by atoms with van der Waals surface area (Å²) in [5.41, 5.74) is 0.360. The van der Waals surface area contributed by atoms with E-state index in [2.05, 4.69) is 20.1 Å². The number of carboxylic acid groups (broad SMARTS) is 1. The quantitative estimate of drug-likeness (QED) is 0.476. The smallest absolute Gasteiger partial charge is 0.407 e. The topological polar surface area (TPSA) is 120 Å². The lowest BCUT2D eigenvalue weighted by Gasteiger charge is -2.33. The number of oxime groups is 1. The van der Waals surface area contributed by atoms with Crippen molar-refractivity contribution in [2.24, 2.45) is 5.16 Å². The van der Waals surface area contributed by atoms with Gasteiger partial charge >= 0.3 is 6.09 Å². The Kier molecular flexibility index (Phi) is 4.46.